The largest absolute Gasteiger partial charge is 0.353 e. The maximum atomic E-state index is 12.1. The molecule has 0 amide bonds. The molecule has 0 bridgehead atoms. The van der Waals surface area contributed by atoms with Gasteiger partial charge in [0.05, 0.1) is 12.1 Å². The summed E-state index contributed by atoms with van der Waals surface area (Å²) in [5, 5.41) is -0.0453. The van der Waals surface area contributed by atoms with Gasteiger partial charge in [0.25, 0.3) is 6.43 Å². The number of alkyl halides is 2. The highest BCUT2D eigenvalue weighted by Crippen LogP contribution is 2.20. The Balaban J connectivity index is 3.02. The van der Waals surface area contributed by atoms with E-state index >= 15 is 0 Å². The van der Waals surface area contributed by atoms with Crippen LogP contribution in [0, 0.1) is 0 Å². The van der Waals surface area contributed by atoms with Gasteiger partial charge in [-0.3, -0.25) is 4.79 Å². The van der Waals surface area contributed by atoms with Crippen molar-refractivity contribution in [3.05, 3.63) is 17.0 Å². The van der Waals surface area contributed by atoms with Gasteiger partial charge in [-0.25, -0.2) is 18.7 Å². The molecule has 1 aromatic heterocycles. The Morgan fingerprint density at radius 2 is 2.27 bits per heavy atom. The SMILES string of the molecule is CN(CC(F)F)c1ncnc(Cl)c1C=O. The predicted octanol–water partition coefficient (Wildman–Crippen LogP) is 1.64. The quantitative estimate of drug-likeness (QED) is 0.588. The number of carbonyl (C=O) groups is 1. The number of hydrogen-bond acceptors (Lipinski definition) is 4. The van der Waals surface area contributed by atoms with E-state index in [1.807, 2.05) is 0 Å². The van der Waals surface area contributed by atoms with Crippen LogP contribution in [0.15, 0.2) is 6.33 Å². The molecule has 1 heterocycles. The number of halogens is 3. The molecule has 0 aliphatic carbocycles. The molecule has 1 rings (SSSR count). The summed E-state index contributed by atoms with van der Waals surface area (Å²) in [7, 11) is 1.40. The summed E-state index contributed by atoms with van der Waals surface area (Å²) in [6.45, 7) is -0.520. The molecule has 0 fully saturated rings. The third-order valence-electron chi connectivity index (χ3n) is 1.71. The third-order valence-corrected chi connectivity index (χ3v) is 2.01. The standard InChI is InChI=1S/C8H8ClF2N3O/c1-14(2-6(10)11)8-5(3-15)7(9)12-4-13-8/h3-4,6H,2H2,1H3. The summed E-state index contributed by atoms with van der Waals surface area (Å²) in [5.41, 5.74) is 0.0160. The molecular weight excluding hydrogens is 228 g/mol. The zero-order valence-corrected chi connectivity index (χ0v) is 8.58. The second-order valence-electron chi connectivity index (χ2n) is 2.79. The van der Waals surface area contributed by atoms with Gasteiger partial charge in [0, 0.05) is 7.05 Å². The van der Waals surface area contributed by atoms with E-state index < -0.39 is 13.0 Å². The van der Waals surface area contributed by atoms with Crippen LogP contribution in [0.5, 0.6) is 0 Å². The number of nitrogens with zero attached hydrogens (tertiary/aromatic N) is 3. The highest BCUT2D eigenvalue weighted by molar-refractivity contribution is 6.32. The number of rotatable bonds is 4. The molecule has 0 aromatic carbocycles. The molecular formula is C8H8ClF2N3O. The van der Waals surface area contributed by atoms with Crippen molar-refractivity contribution in [2.24, 2.45) is 0 Å². The Bertz CT molecular complexity index is 362. The lowest BCUT2D eigenvalue weighted by Gasteiger charge is -2.18. The number of anilines is 1. The number of aromatic nitrogens is 2. The van der Waals surface area contributed by atoms with Gasteiger partial charge in [0.1, 0.15) is 17.3 Å². The van der Waals surface area contributed by atoms with Crippen LogP contribution in [0.2, 0.25) is 5.15 Å². The van der Waals surface area contributed by atoms with Crippen LogP contribution in [0.1, 0.15) is 10.4 Å². The van der Waals surface area contributed by atoms with Crippen molar-refractivity contribution in [3.63, 3.8) is 0 Å². The van der Waals surface area contributed by atoms with Crippen molar-refractivity contribution in [3.8, 4) is 0 Å². The fraction of sp³-hybridized carbons (Fsp3) is 0.375. The van der Waals surface area contributed by atoms with Gasteiger partial charge < -0.3 is 4.90 Å². The van der Waals surface area contributed by atoms with Crippen LogP contribution in [0.3, 0.4) is 0 Å². The molecule has 15 heavy (non-hydrogen) atoms. The van der Waals surface area contributed by atoms with E-state index in [0.29, 0.717) is 6.29 Å². The van der Waals surface area contributed by atoms with Crippen LogP contribution >= 0.6 is 11.6 Å². The third kappa shape index (κ3) is 2.82. The van der Waals surface area contributed by atoms with Crippen molar-refractivity contribution < 1.29 is 13.6 Å². The molecule has 0 spiro atoms. The highest BCUT2D eigenvalue weighted by atomic mass is 35.5. The lowest BCUT2D eigenvalue weighted by atomic mass is 10.3. The van der Waals surface area contributed by atoms with Crippen molar-refractivity contribution >= 4 is 23.7 Å². The Labute approximate surface area is 89.9 Å². The van der Waals surface area contributed by atoms with Gasteiger partial charge in [0.2, 0.25) is 0 Å². The maximum Gasteiger partial charge on any atom is 0.255 e. The molecule has 0 aliphatic heterocycles. The molecule has 0 radical (unpaired) electrons. The number of aldehydes is 1. The highest BCUT2D eigenvalue weighted by Gasteiger charge is 2.15. The number of hydrogen-bond donors (Lipinski definition) is 0. The minimum absolute atomic E-state index is 0.0160. The van der Waals surface area contributed by atoms with E-state index in [4.69, 9.17) is 11.6 Å². The van der Waals surface area contributed by atoms with Crippen LogP contribution in [0.4, 0.5) is 14.6 Å². The molecule has 0 unspecified atom stereocenters. The van der Waals surface area contributed by atoms with E-state index in [2.05, 4.69) is 9.97 Å². The van der Waals surface area contributed by atoms with Gasteiger partial charge in [-0.2, -0.15) is 0 Å². The second kappa shape index (κ2) is 4.97. The van der Waals surface area contributed by atoms with Gasteiger partial charge >= 0.3 is 0 Å². The fourth-order valence-corrected chi connectivity index (χ4v) is 1.24. The lowest BCUT2D eigenvalue weighted by molar-refractivity contribution is 0.112. The van der Waals surface area contributed by atoms with Crippen LogP contribution in [-0.2, 0) is 0 Å². The first-order valence-corrected chi connectivity index (χ1v) is 4.39. The average Bonchev–Trinajstić information content (AvgIpc) is 2.16. The first-order chi connectivity index (χ1) is 7.06. The summed E-state index contributed by atoms with van der Waals surface area (Å²) in [5.74, 6) is 0.102. The molecule has 1 aromatic rings. The first-order valence-electron chi connectivity index (χ1n) is 4.01. The molecule has 82 valence electrons. The molecule has 4 nitrogen and oxygen atoms in total. The maximum absolute atomic E-state index is 12.1. The van der Waals surface area contributed by atoms with E-state index in [1.54, 1.807) is 0 Å². The molecule has 0 N–H and O–H groups in total. The van der Waals surface area contributed by atoms with Gasteiger partial charge in [-0.1, -0.05) is 11.6 Å². The summed E-state index contributed by atoms with van der Waals surface area (Å²) in [6.07, 6.45) is -0.949. The fourth-order valence-electron chi connectivity index (χ4n) is 1.06. The predicted molar refractivity (Wildman–Crippen MR) is 51.7 cm³/mol. The Morgan fingerprint density at radius 3 is 2.80 bits per heavy atom. The van der Waals surface area contributed by atoms with Gasteiger partial charge in [0.15, 0.2) is 6.29 Å². The van der Waals surface area contributed by atoms with Crippen molar-refractivity contribution in [1.29, 1.82) is 0 Å². The Kier molecular flexibility index (Phi) is 3.90. The first kappa shape index (κ1) is 11.8. The van der Waals surface area contributed by atoms with Gasteiger partial charge in [-0.05, 0) is 0 Å². The number of carbonyl (C=O) groups excluding carboxylic acids is 1. The Hall–Kier alpha value is -1.30. The van der Waals surface area contributed by atoms with Crippen LogP contribution in [-0.4, -0.2) is 36.3 Å². The zero-order valence-electron chi connectivity index (χ0n) is 7.82. The van der Waals surface area contributed by atoms with E-state index in [0.717, 1.165) is 11.2 Å². The van der Waals surface area contributed by atoms with Crippen molar-refractivity contribution in [1.82, 2.24) is 9.97 Å². The van der Waals surface area contributed by atoms with Crippen molar-refractivity contribution in [2.45, 2.75) is 6.43 Å². The van der Waals surface area contributed by atoms with E-state index in [9.17, 15) is 13.6 Å². The minimum atomic E-state index is -2.51. The average molecular weight is 236 g/mol. The van der Waals surface area contributed by atoms with E-state index in [-0.39, 0.29) is 16.5 Å². The second-order valence-corrected chi connectivity index (χ2v) is 3.15. The molecule has 0 saturated heterocycles. The molecule has 0 aliphatic rings. The molecule has 0 atom stereocenters. The minimum Gasteiger partial charge on any atom is -0.353 e. The zero-order chi connectivity index (χ0) is 11.4. The van der Waals surface area contributed by atoms with Crippen LogP contribution < -0.4 is 4.90 Å². The smallest absolute Gasteiger partial charge is 0.255 e. The van der Waals surface area contributed by atoms with E-state index in [1.165, 1.54) is 7.05 Å². The summed E-state index contributed by atoms with van der Waals surface area (Å²) in [4.78, 5) is 19.1. The lowest BCUT2D eigenvalue weighted by Crippen LogP contribution is -2.26. The molecule has 7 heteroatoms. The summed E-state index contributed by atoms with van der Waals surface area (Å²) >= 11 is 5.61. The summed E-state index contributed by atoms with van der Waals surface area (Å²) < 4.78 is 24.2. The Morgan fingerprint density at radius 1 is 1.60 bits per heavy atom. The monoisotopic (exact) mass is 235 g/mol. The van der Waals surface area contributed by atoms with Crippen molar-refractivity contribution in [2.75, 3.05) is 18.5 Å². The normalized spacial score (nSPS) is 10.5. The molecule has 0 saturated carbocycles. The van der Waals surface area contributed by atoms with Crippen LogP contribution in [0.25, 0.3) is 0 Å². The topological polar surface area (TPSA) is 46.1 Å². The van der Waals surface area contributed by atoms with Gasteiger partial charge in [-0.15, -0.1) is 0 Å². The summed E-state index contributed by atoms with van der Waals surface area (Å²) in [6, 6.07) is 0.